The summed E-state index contributed by atoms with van der Waals surface area (Å²) in [5, 5.41) is 3.69. The van der Waals surface area contributed by atoms with Gasteiger partial charge < -0.3 is 10.2 Å². The summed E-state index contributed by atoms with van der Waals surface area (Å²) in [7, 11) is 0. The first-order chi connectivity index (χ1) is 7.81. The number of halogens is 2. The van der Waals surface area contributed by atoms with Crippen LogP contribution in [0, 0.1) is 9.49 Å². The Morgan fingerprint density at radius 1 is 1.12 bits per heavy atom. The minimum Gasteiger partial charge on any atom is -0.381 e. The number of benzene rings is 1. The first-order valence-corrected chi connectivity index (χ1v) is 7.13. The quantitative estimate of drug-likeness (QED) is 0.811. The van der Waals surface area contributed by atoms with Crippen molar-refractivity contribution in [3.8, 4) is 0 Å². The van der Waals surface area contributed by atoms with Crippen LogP contribution in [0.3, 0.4) is 0 Å². The monoisotopic (exact) mass is 364 g/mol. The standard InChI is InChI=1S/C13H17IN2.ClH/c14-11-1-3-12(4-2-11)15-13-9-16-7-5-10(13)6-8-16;/h1-4,10,13,15H,5-9H2;1H. The first kappa shape index (κ1) is 13.4. The number of fused-ring (bicyclic) bond motifs is 3. The molecule has 1 atom stereocenters. The molecular formula is C13H18ClIN2. The largest absolute Gasteiger partial charge is 0.381 e. The van der Waals surface area contributed by atoms with Gasteiger partial charge in [0.05, 0.1) is 0 Å². The Labute approximate surface area is 123 Å². The van der Waals surface area contributed by atoms with Crippen molar-refractivity contribution in [3.63, 3.8) is 0 Å². The molecule has 94 valence electrons. The van der Waals surface area contributed by atoms with Crippen LogP contribution in [0.15, 0.2) is 24.3 Å². The lowest BCUT2D eigenvalue weighted by atomic mass is 9.84. The maximum absolute atomic E-state index is 3.69. The van der Waals surface area contributed by atoms with Crippen molar-refractivity contribution >= 4 is 40.7 Å². The van der Waals surface area contributed by atoms with Crippen molar-refractivity contribution in [3.05, 3.63) is 27.8 Å². The van der Waals surface area contributed by atoms with Crippen LogP contribution in [0.1, 0.15) is 12.8 Å². The Kier molecular flexibility index (Phi) is 4.55. The molecule has 1 N–H and O–H groups in total. The summed E-state index contributed by atoms with van der Waals surface area (Å²) in [4.78, 5) is 2.59. The van der Waals surface area contributed by atoms with E-state index in [1.54, 1.807) is 0 Å². The molecule has 4 heteroatoms. The van der Waals surface area contributed by atoms with E-state index in [1.165, 1.54) is 41.7 Å². The third kappa shape index (κ3) is 3.06. The van der Waals surface area contributed by atoms with Gasteiger partial charge in [0.1, 0.15) is 0 Å². The minimum atomic E-state index is 0. The number of nitrogens with one attached hydrogen (secondary N) is 1. The molecule has 0 aromatic heterocycles. The minimum absolute atomic E-state index is 0. The summed E-state index contributed by atoms with van der Waals surface area (Å²) in [6.07, 6.45) is 2.75. The van der Waals surface area contributed by atoms with Crippen LogP contribution in [0.2, 0.25) is 0 Å². The van der Waals surface area contributed by atoms with E-state index >= 15 is 0 Å². The molecule has 0 spiro atoms. The Morgan fingerprint density at radius 3 is 2.29 bits per heavy atom. The van der Waals surface area contributed by atoms with Gasteiger partial charge in [-0.25, -0.2) is 0 Å². The molecule has 1 aromatic carbocycles. The van der Waals surface area contributed by atoms with Gasteiger partial charge in [0.2, 0.25) is 0 Å². The predicted molar refractivity (Wildman–Crippen MR) is 83.0 cm³/mol. The van der Waals surface area contributed by atoms with Gasteiger partial charge in [-0.05, 0) is 78.7 Å². The third-order valence-corrected chi connectivity index (χ3v) is 4.57. The molecular weight excluding hydrogens is 347 g/mol. The molecule has 17 heavy (non-hydrogen) atoms. The zero-order valence-corrected chi connectivity index (χ0v) is 12.7. The number of rotatable bonds is 2. The summed E-state index contributed by atoms with van der Waals surface area (Å²) in [5.41, 5.74) is 1.28. The second kappa shape index (κ2) is 5.76. The zero-order valence-electron chi connectivity index (χ0n) is 9.73. The van der Waals surface area contributed by atoms with E-state index in [9.17, 15) is 0 Å². The van der Waals surface area contributed by atoms with E-state index in [1.807, 2.05) is 0 Å². The fourth-order valence-electron chi connectivity index (χ4n) is 2.89. The molecule has 0 aliphatic carbocycles. The average molecular weight is 365 g/mol. The van der Waals surface area contributed by atoms with Crippen molar-refractivity contribution in [2.24, 2.45) is 5.92 Å². The Morgan fingerprint density at radius 2 is 1.76 bits per heavy atom. The van der Waals surface area contributed by atoms with Crippen LogP contribution < -0.4 is 5.32 Å². The molecule has 3 aliphatic heterocycles. The molecule has 0 amide bonds. The lowest BCUT2D eigenvalue weighted by molar-refractivity contribution is 0.0975. The Hall–Kier alpha value is 0. The van der Waals surface area contributed by atoms with E-state index in [0.29, 0.717) is 6.04 Å². The van der Waals surface area contributed by atoms with Gasteiger partial charge in [0, 0.05) is 21.8 Å². The normalized spacial score (nSPS) is 30.8. The van der Waals surface area contributed by atoms with Crippen molar-refractivity contribution in [1.29, 1.82) is 0 Å². The fraction of sp³-hybridized carbons (Fsp3) is 0.538. The summed E-state index contributed by atoms with van der Waals surface area (Å²) < 4.78 is 1.30. The maximum Gasteiger partial charge on any atom is 0.0417 e. The van der Waals surface area contributed by atoms with Crippen molar-refractivity contribution in [2.45, 2.75) is 18.9 Å². The highest BCUT2D eigenvalue weighted by Crippen LogP contribution is 2.29. The summed E-state index contributed by atoms with van der Waals surface area (Å²) in [5.74, 6) is 0.893. The van der Waals surface area contributed by atoms with Crippen LogP contribution in [0.4, 0.5) is 5.69 Å². The number of hydrogen-bond acceptors (Lipinski definition) is 2. The second-order valence-electron chi connectivity index (χ2n) is 4.90. The van der Waals surface area contributed by atoms with E-state index in [0.717, 1.165) is 5.92 Å². The van der Waals surface area contributed by atoms with Gasteiger partial charge in [-0.15, -0.1) is 12.4 Å². The maximum atomic E-state index is 3.69. The van der Waals surface area contributed by atoms with Gasteiger partial charge in [-0.2, -0.15) is 0 Å². The molecule has 1 aromatic rings. The van der Waals surface area contributed by atoms with Crippen molar-refractivity contribution in [2.75, 3.05) is 25.0 Å². The molecule has 0 saturated carbocycles. The molecule has 3 saturated heterocycles. The van der Waals surface area contributed by atoms with Crippen LogP contribution >= 0.6 is 35.0 Å². The number of nitrogens with zero attached hydrogens (tertiary/aromatic N) is 1. The van der Waals surface area contributed by atoms with Crippen molar-refractivity contribution < 1.29 is 0 Å². The fourth-order valence-corrected chi connectivity index (χ4v) is 3.25. The van der Waals surface area contributed by atoms with Crippen LogP contribution in [0.5, 0.6) is 0 Å². The van der Waals surface area contributed by atoms with E-state index in [-0.39, 0.29) is 12.4 Å². The lowest BCUT2D eigenvalue weighted by Crippen LogP contribution is -2.53. The molecule has 3 heterocycles. The number of piperidine rings is 3. The predicted octanol–water partition coefficient (Wildman–Crippen LogP) is 3.22. The van der Waals surface area contributed by atoms with Gasteiger partial charge >= 0.3 is 0 Å². The van der Waals surface area contributed by atoms with Gasteiger partial charge in [-0.3, -0.25) is 0 Å². The summed E-state index contributed by atoms with van der Waals surface area (Å²) in [6, 6.07) is 9.40. The van der Waals surface area contributed by atoms with Gasteiger partial charge in [0.25, 0.3) is 0 Å². The smallest absolute Gasteiger partial charge is 0.0417 e. The molecule has 3 aliphatic rings. The van der Waals surface area contributed by atoms with Crippen LogP contribution in [0.25, 0.3) is 0 Å². The molecule has 4 rings (SSSR count). The number of anilines is 1. The van der Waals surface area contributed by atoms with Crippen LogP contribution in [-0.2, 0) is 0 Å². The molecule has 3 fully saturated rings. The third-order valence-electron chi connectivity index (χ3n) is 3.85. The SMILES string of the molecule is Cl.Ic1ccc(NC2CN3CCC2CC3)cc1. The highest BCUT2D eigenvalue weighted by molar-refractivity contribution is 14.1. The Balaban J connectivity index is 0.00000108. The molecule has 2 nitrogen and oxygen atoms in total. The van der Waals surface area contributed by atoms with Gasteiger partial charge in [-0.1, -0.05) is 0 Å². The molecule has 2 bridgehead atoms. The van der Waals surface area contributed by atoms with E-state index < -0.39 is 0 Å². The average Bonchev–Trinajstić information content (AvgIpc) is 2.34. The lowest BCUT2D eigenvalue weighted by Gasteiger charge is -2.45. The Bertz CT molecular complexity index is 360. The van der Waals surface area contributed by atoms with Gasteiger partial charge in [0.15, 0.2) is 0 Å². The number of hydrogen-bond donors (Lipinski definition) is 1. The second-order valence-corrected chi connectivity index (χ2v) is 6.14. The zero-order chi connectivity index (χ0) is 11.0. The van der Waals surface area contributed by atoms with Crippen molar-refractivity contribution in [1.82, 2.24) is 4.90 Å². The summed E-state index contributed by atoms with van der Waals surface area (Å²) >= 11 is 2.35. The molecule has 0 radical (unpaired) electrons. The topological polar surface area (TPSA) is 15.3 Å². The van der Waals surface area contributed by atoms with E-state index in [4.69, 9.17) is 0 Å². The molecule has 1 unspecified atom stereocenters. The van der Waals surface area contributed by atoms with Crippen LogP contribution in [-0.4, -0.2) is 30.6 Å². The highest BCUT2D eigenvalue weighted by atomic mass is 127. The van der Waals surface area contributed by atoms with E-state index in [2.05, 4.69) is 57.1 Å². The summed E-state index contributed by atoms with van der Waals surface area (Å²) in [6.45, 7) is 3.86. The first-order valence-electron chi connectivity index (χ1n) is 6.06. The highest BCUT2D eigenvalue weighted by Gasteiger charge is 2.33.